The summed E-state index contributed by atoms with van der Waals surface area (Å²) in [6, 6.07) is 5.15. The van der Waals surface area contributed by atoms with Gasteiger partial charge >= 0.3 is 6.43 Å². The molecule has 0 atom stereocenters. The molecule has 5 heteroatoms. The number of carbonyl (C=O) groups is 1. The molecule has 3 nitrogen and oxygen atoms in total. The zero-order valence-corrected chi connectivity index (χ0v) is 10.9. The van der Waals surface area contributed by atoms with Gasteiger partial charge in [-0.05, 0) is 23.1 Å². The zero-order chi connectivity index (χ0) is 13.9. The molecule has 0 heterocycles. The second-order valence-electron chi connectivity index (χ2n) is 4.96. The average Bonchev–Trinajstić information content (AvgIpc) is 2.27. The van der Waals surface area contributed by atoms with Crippen LogP contribution in [0.4, 0.5) is 14.5 Å². The first-order valence-corrected chi connectivity index (χ1v) is 5.53. The predicted molar refractivity (Wildman–Crippen MR) is 66.3 cm³/mol. The molecule has 1 aromatic rings. The van der Waals surface area contributed by atoms with Gasteiger partial charge in [0.05, 0.1) is 12.8 Å². The Balaban J connectivity index is 3.11. The first kappa shape index (κ1) is 14.4. The van der Waals surface area contributed by atoms with Gasteiger partial charge in [-0.1, -0.05) is 26.8 Å². The summed E-state index contributed by atoms with van der Waals surface area (Å²) in [7, 11) is 1.42. The molecule has 0 spiro atoms. The summed E-state index contributed by atoms with van der Waals surface area (Å²) in [4.78, 5) is 11.0. The molecule has 1 rings (SSSR count). The summed E-state index contributed by atoms with van der Waals surface area (Å²) in [6.45, 7) is 5.98. The van der Waals surface area contributed by atoms with Crippen LogP contribution < -0.4 is 10.1 Å². The van der Waals surface area contributed by atoms with E-state index in [2.05, 4.69) is 5.32 Å². The Morgan fingerprint density at radius 3 is 2.39 bits per heavy atom. The summed E-state index contributed by atoms with van der Waals surface area (Å²) in [5, 5.41) is 2.16. The number of anilines is 1. The third kappa shape index (κ3) is 3.42. The fourth-order valence-corrected chi connectivity index (χ4v) is 1.46. The highest BCUT2D eigenvalue weighted by atomic mass is 19.3. The van der Waals surface area contributed by atoms with E-state index in [9.17, 15) is 13.6 Å². The molecule has 0 aromatic heterocycles. The van der Waals surface area contributed by atoms with E-state index in [-0.39, 0.29) is 11.1 Å². The molecule has 0 unspecified atom stereocenters. The van der Waals surface area contributed by atoms with Crippen molar-refractivity contribution in [2.45, 2.75) is 32.6 Å². The number of amides is 1. The van der Waals surface area contributed by atoms with E-state index in [0.29, 0.717) is 5.75 Å². The lowest BCUT2D eigenvalue weighted by molar-refractivity contribution is -0.126. The van der Waals surface area contributed by atoms with Gasteiger partial charge in [-0.3, -0.25) is 4.79 Å². The van der Waals surface area contributed by atoms with Crippen LogP contribution in [0.2, 0.25) is 0 Å². The molecule has 0 aliphatic rings. The maximum absolute atomic E-state index is 12.2. The molecule has 0 aliphatic carbocycles. The van der Waals surface area contributed by atoms with Gasteiger partial charge in [0, 0.05) is 0 Å². The molecule has 0 bridgehead atoms. The molecular formula is C13H17F2NO2. The Morgan fingerprint density at radius 1 is 1.33 bits per heavy atom. The smallest absolute Gasteiger partial charge is 0.315 e. The van der Waals surface area contributed by atoms with Gasteiger partial charge < -0.3 is 10.1 Å². The molecule has 0 fully saturated rings. The van der Waals surface area contributed by atoms with E-state index in [1.807, 2.05) is 26.8 Å². The van der Waals surface area contributed by atoms with Gasteiger partial charge in [-0.15, -0.1) is 0 Å². The van der Waals surface area contributed by atoms with Crippen LogP contribution in [0.5, 0.6) is 5.75 Å². The van der Waals surface area contributed by atoms with Crippen molar-refractivity contribution >= 4 is 11.6 Å². The van der Waals surface area contributed by atoms with Crippen molar-refractivity contribution < 1.29 is 18.3 Å². The molecule has 1 N–H and O–H groups in total. The molecule has 18 heavy (non-hydrogen) atoms. The van der Waals surface area contributed by atoms with E-state index in [0.717, 1.165) is 5.56 Å². The fourth-order valence-electron chi connectivity index (χ4n) is 1.46. The highest BCUT2D eigenvalue weighted by Crippen LogP contribution is 2.31. The number of ether oxygens (including phenoxy) is 1. The zero-order valence-electron chi connectivity index (χ0n) is 10.9. The van der Waals surface area contributed by atoms with Gasteiger partial charge in [0.1, 0.15) is 5.75 Å². The molecule has 0 saturated carbocycles. The first-order valence-electron chi connectivity index (χ1n) is 5.53. The van der Waals surface area contributed by atoms with Crippen LogP contribution >= 0.6 is 0 Å². The molecule has 1 amide bonds. The van der Waals surface area contributed by atoms with Crippen molar-refractivity contribution in [1.29, 1.82) is 0 Å². The number of hydrogen-bond acceptors (Lipinski definition) is 2. The first-order chi connectivity index (χ1) is 8.25. The van der Waals surface area contributed by atoms with Crippen molar-refractivity contribution in [1.82, 2.24) is 0 Å². The van der Waals surface area contributed by atoms with Crippen molar-refractivity contribution in [2.75, 3.05) is 12.4 Å². The van der Waals surface area contributed by atoms with E-state index in [1.54, 1.807) is 12.1 Å². The minimum absolute atomic E-state index is 0.142. The second kappa shape index (κ2) is 5.33. The summed E-state index contributed by atoms with van der Waals surface area (Å²) in [5.74, 6) is -0.976. The third-order valence-electron chi connectivity index (χ3n) is 2.52. The number of rotatable bonds is 3. The Bertz CT molecular complexity index is 439. The normalized spacial score (nSPS) is 11.5. The van der Waals surface area contributed by atoms with E-state index < -0.39 is 12.3 Å². The van der Waals surface area contributed by atoms with Crippen molar-refractivity contribution in [2.24, 2.45) is 0 Å². The van der Waals surface area contributed by atoms with Crippen LogP contribution in [0.1, 0.15) is 26.3 Å². The SMILES string of the molecule is COc1ccc(C(C)(C)C)cc1NC(=O)C(F)F. The largest absolute Gasteiger partial charge is 0.495 e. The van der Waals surface area contributed by atoms with Crippen molar-refractivity contribution in [3.63, 3.8) is 0 Å². The number of benzene rings is 1. The number of carbonyl (C=O) groups excluding carboxylic acids is 1. The highest BCUT2D eigenvalue weighted by Gasteiger charge is 2.20. The monoisotopic (exact) mass is 257 g/mol. The Labute approximate surface area is 105 Å². The number of nitrogens with one attached hydrogen (secondary N) is 1. The lowest BCUT2D eigenvalue weighted by Gasteiger charge is -2.21. The van der Waals surface area contributed by atoms with Crippen LogP contribution in [0.3, 0.4) is 0 Å². The quantitative estimate of drug-likeness (QED) is 0.903. The molecule has 100 valence electrons. The van der Waals surface area contributed by atoms with Crippen molar-refractivity contribution in [3.8, 4) is 5.75 Å². The fraction of sp³-hybridized carbons (Fsp3) is 0.462. The Hall–Kier alpha value is -1.65. The van der Waals surface area contributed by atoms with E-state index in [4.69, 9.17) is 4.74 Å². The lowest BCUT2D eigenvalue weighted by Crippen LogP contribution is -2.21. The van der Waals surface area contributed by atoms with Gasteiger partial charge in [-0.25, -0.2) is 0 Å². The highest BCUT2D eigenvalue weighted by molar-refractivity contribution is 5.94. The van der Waals surface area contributed by atoms with Crippen LogP contribution in [0.25, 0.3) is 0 Å². The molecule has 1 aromatic carbocycles. The van der Waals surface area contributed by atoms with Gasteiger partial charge in [0.2, 0.25) is 0 Å². The van der Waals surface area contributed by atoms with Gasteiger partial charge in [-0.2, -0.15) is 8.78 Å². The van der Waals surface area contributed by atoms with Crippen molar-refractivity contribution in [3.05, 3.63) is 23.8 Å². The average molecular weight is 257 g/mol. The Kier molecular flexibility index (Phi) is 4.27. The Morgan fingerprint density at radius 2 is 1.94 bits per heavy atom. The number of alkyl halides is 2. The minimum atomic E-state index is -3.05. The van der Waals surface area contributed by atoms with Gasteiger partial charge in [0.15, 0.2) is 0 Å². The molecule has 0 radical (unpaired) electrons. The summed E-state index contributed by atoms with van der Waals surface area (Å²) in [5.41, 5.74) is 1.04. The maximum atomic E-state index is 12.2. The molecular weight excluding hydrogens is 240 g/mol. The number of methoxy groups -OCH3 is 1. The molecule has 0 saturated heterocycles. The lowest BCUT2D eigenvalue weighted by atomic mass is 9.87. The summed E-state index contributed by atoms with van der Waals surface area (Å²) in [6.07, 6.45) is -3.05. The summed E-state index contributed by atoms with van der Waals surface area (Å²) < 4.78 is 29.5. The minimum Gasteiger partial charge on any atom is -0.495 e. The van der Waals surface area contributed by atoms with E-state index in [1.165, 1.54) is 7.11 Å². The topological polar surface area (TPSA) is 38.3 Å². The second-order valence-corrected chi connectivity index (χ2v) is 4.96. The maximum Gasteiger partial charge on any atom is 0.315 e. The van der Waals surface area contributed by atoms with Crippen LogP contribution in [0.15, 0.2) is 18.2 Å². The molecule has 0 aliphatic heterocycles. The van der Waals surface area contributed by atoms with Crippen LogP contribution in [-0.4, -0.2) is 19.4 Å². The number of halogens is 2. The predicted octanol–water partition coefficient (Wildman–Crippen LogP) is 3.20. The van der Waals surface area contributed by atoms with Crippen LogP contribution in [-0.2, 0) is 10.2 Å². The number of hydrogen-bond donors (Lipinski definition) is 1. The van der Waals surface area contributed by atoms with Gasteiger partial charge in [0.25, 0.3) is 5.91 Å². The van der Waals surface area contributed by atoms with E-state index >= 15 is 0 Å². The standard InChI is InChI=1S/C13H17F2NO2/c1-13(2,3)8-5-6-10(18-4)9(7-8)16-12(17)11(14)15/h5-7,11H,1-4H3,(H,16,17). The third-order valence-corrected chi connectivity index (χ3v) is 2.52. The van der Waals surface area contributed by atoms with Crippen LogP contribution in [0, 0.1) is 0 Å². The summed E-state index contributed by atoms with van der Waals surface area (Å²) >= 11 is 0.